The van der Waals surface area contributed by atoms with E-state index >= 15 is 0 Å². The number of piperidine rings is 1. The van der Waals surface area contributed by atoms with Crippen LogP contribution >= 0.6 is 0 Å². The fraction of sp³-hybridized carbons (Fsp3) is 0.867. The molecular formula is C15H29N5. The summed E-state index contributed by atoms with van der Waals surface area (Å²) in [6, 6.07) is 0.566. The molecule has 1 saturated heterocycles. The van der Waals surface area contributed by atoms with Crippen molar-refractivity contribution in [3.05, 3.63) is 5.82 Å². The van der Waals surface area contributed by atoms with Gasteiger partial charge in [-0.05, 0) is 26.2 Å². The van der Waals surface area contributed by atoms with Gasteiger partial charge in [-0.15, -0.1) is 5.10 Å². The SMILES string of the molecule is CCCCCCCc1nc(N2CCCC(N)C2C)n[nH]1. The van der Waals surface area contributed by atoms with Crippen LogP contribution in [0.4, 0.5) is 5.95 Å². The van der Waals surface area contributed by atoms with E-state index in [9.17, 15) is 0 Å². The van der Waals surface area contributed by atoms with Crippen molar-refractivity contribution >= 4 is 5.95 Å². The van der Waals surface area contributed by atoms with Gasteiger partial charge in [-0.3, -0.25) is 5.10 Å². The molecule has 1 aliphatic heterocycles. The van der Waals surface area contributed by atoms with Gasteiger partial charge in [0.15, 0.2) is 0 Å². The fourth-order valence-corrected chi connectivity index (χ4v) is 2.88. The first-order chi connectivity index (χ1) is 9.72. The predicted molar refractivity (Wildman–Crippen MR) is 82.9 cm³/mol. The zero-order chi connectivity index (χ0) is 14.4. The maximum absolute atomic E-state index is 6.13. The van der Waals surface area contributed by atoms with Gasteiger partial charge in [-0.1, -0.05) is 32.6 Å². The average Bonchev–Trinajstić information content (AvgIpc) is 2.90. The minimum absolute atomic E-state index is 0.236. The standard InChI is InChI=1S/C15H29N5/c1-3-4-5-6-7-10-14-17-15(19-18-14)20-11-8-9-13(16)12(20)2/h12-13H,3-11,16H2,1-2H3,(H,17,18,19). The van der Waals surface area contributed by atoms with Crippen LogP contribution in [-0.4, -0.2) is 33.8 Å². The van der Waals surface area contributed by atoms with E-state index in [-0.39, 0.29) is 6.04 Å². The highest BCUT2D eigenvalue weighted by atomic mass is 15.4. The van der Waals surface area contributed by atoms with E-state index < -0.39 is 0 Å². The molecule has 0 saturated carbocycles. The number of nitrogens with one attached hydrogen (secondary N) is 1. The van der Waals surface area contributed by atoms with E-state index in [0.717, 1.165) is 37.6 Å². The Hall–Kier alpha value is -1.10. The van der Waals surface area contributed by atoms with Gasteiger partial charge in [0.1, 0.15) is 5.82 Å². The molecule has 0 amide bonds. The van der Waals surface area contributed by atoms with E-state index in [1.807, 2.05) is 0 Å². The Kier molecular flexibility index (Phi) is 5.83. The summed E-state index contributed by atoms with van der Waals surface area (Å²) in [5.41, 5.74) is 6.13. The van der Waals surface area contributed by atoms with E-state index in [0.29, 0.717) is 6.04 Å². The molecule has 1 aliphatic rings. The number of nitrogens with two attached hydrogens (primary N) is 1. The molecule has 0 aliphatic carbocycles. The molecule has 0 spiro atoms. The van der Waals surface area contributed by atoms with E-state index in [1.165, 1.54) is 32.1 Å². The van der Waals surface area contributed by atoms with Crippen molar-refractivity contribution in [2.75, 3.05) is 11.4 Å². The number of aromatic nitrogens is 3. The van der Waals surface area contributed by atoms with Crippen LogP contribution in [0.2, 0.25) is 0 Å². The molecule has 2 unspecified atom stereocenters. The maximum atomic E-state index is 6.13. The van der Waals surface area contributed by atoms with Gasteiger partial charge in [0.05, 0.1) is 0 Å². The predicted octanol–water partition coefficient (Wildman–Crippen LogP) is 2.63. The molecule has 1 aromatic rings. The molecule has 2 rings (SSSR count). The van der Waals surface area contributed by atoms with Crippen LogP contribution in [0.3, 0.4) is 0 Å². The molecule has 1 fully saturated rings. The number of aryl methyl sites for hydroxylation is 1. The second kappa shape index (κ2) is 7.62. The van der Waals surface area contributed by atoms with Crippen molar-refractivity contribution in [2.45, 2.75) is 77.3 Å². The van der Waals surface area contributed by atoms with Crippen molar-refractivity contribution in [3.63, 3.8) is 0 Å². The lowest BCUT2D eigenvalue weighted by Gasteiger charge is -2.36. The van der Waals surface area contributed by atoms with Crippen molar-refractivity contribution in [1.82, 2.24) is 15.2 Å². The van der Waals surface area contributed by atoms with Gasteiger partial charge < -0.3 is 10.6 Å². The summed E-state index contributed by atoms with van der Waals surface area (Å²) in [5, 5.41) is 7.46. The summed E-state index contributed by atoms with van der Waals surface area (Å²) in [4.78, 5) is 6.88. The Morgan fingerprint density at radius 1 is 1.30 bits per heavy atom. The monoisotopic (exact) mass is 279 g/mol. The van der Waals surface area contributed by atoms with Crippen molar-refractivity contribution in [1.29, 1.82) is 0 Å². The van der Waals surface area contributed by atoms with Crippen LogP contribution in [0, 0.1) is 0 Å². The smallest absolute Gasteiger partial charge is 0.244 e. The highest BCUT2D eigenvalue weighted by molar-refractivity contribution is 5.32. The van der Waals surface area contributed by atoms with E-state index in [1.54, 1.807) is 0 Å². The Bertz CT molecular complexity index is 389. The van der Waals surface area contributed by atoms with Gasteiger partial charge >= 0.3 is 0 Å². The minimum atomic E-state index is 0.236. The van der Waals surface area contributed by atoms with Crippen molar-refractivity contribution < 1.29 is 0 Å². The Balaban J connectivity index is 1.82. The Morgan fingerprint density at radius 3 is 2.90 bits per heavy atom. The maximum Gasteiger partial charge on any atom is 0.244 e. The molecule has 5 heteroatoms. The third kappa shape index (κ3) is 3.95. The largest absolute Gasteiger partial charge is 0.335 e. The highest BCUT2D eigenvalue weighted by Crippen LogP contribution is 2.21. The van der Waals surface area contributed by atoms with Crippen LogP contribution < -0.4 is 10.6 Å². The molecule has 5 nitrogen and oxygen atoms in total. The molecule has 2 atom stereocenters. The minimum Gasteiger partial charge on any atom is -0.335 e. The first kappa shape index (κ1) is 15.3. The number of anilines is 1. The van der Waals surface area contributed by atoms with Crippen LogP contribution in [0.25, 0.3) is 0 Å². The first-order valence-corrected chi connectivity index (χ1v) is 8.16. The zero-order valence-electron chi connectivity index (χ0n) is 12.9. The normalized spacial score (nSPS) is 23.2. The molecule has 3 N–H and O–H groups in total. The molecule has 0 aromatic carbocycles. The molecule has 0 radical (unpaired) electrons. The Labute approximate surface area is 122 Å². The summed E-state index contributed by atoms with van der Waals surface area (Å²) >= 11 is 0. The highest BCUT2D eigenvalue weighted by Gasteiger charge is 2.27. The van der Waals surface area contributed by atoms with Gasteiger partial charge in [0, 0.05) is 25.0 Å². The number of unbranched alkanes of at least 4 members (excludes halogenated alkanes) is 4. The van der Waals surface area contributed by atoms with Crippen LogP contribution in [0.5, 0.6) is 0 Å². The summed E-state index contributed by atoms with van der Waals surface area (Å²) < 4.78 is 0. The van der Waals surface area contributed by atoms with Gasteiger partial charge in [-0.2, -0.15) is 4.98 Å². The molecule has 2 heterocycles. The number of H-pyrrole nitrogens is 1. The zero-order valence-corrected chi connectivity index (χ0v) is 12.9. The molecular weight excluding hydrogens is 250 g/mol. The van der Waals surface area contributed by atoms with Crippen molar-refractivity contribution in [2.24, 2.45) is 5.73 Å². The molecule has 20 heavy (non-hydrogen) atoms. The third-order valence-corrected chi connectivity index (χ3v) is 4.34. The lowest BCUT2D eigenvalue weighted by Crippen LogP contribution is -2.50. The number of hydrogen-bond acceptors (Lipinski definition) is 4. The summed E-state index contributed by atoms with van der Waals surface area (Å²) in [7, 11) is 0. The quantitative estimate of drug-likeness (QED) is 0.753. The fourth-order valence-electron chi connectivity index (χ4n) is 2.88. The van der Waals surface area contributed by atoms with E-state index in [4.69, 9.17) is 5.73 Å². The summed E-state index contributed by atoms with van der Waals surface area (Å²) in [5.74, 6) is 1.85. The average molecular weight is 279 g/mol. The molecule has 1 aromatic heterocycles. The van der Waals surface area contributed by atoms with Gasteiger partial charge in [0.25, 0.3) is 0 Å². The van der Waals surface area contributed by atoms with Gasteiger partial charge in [-0.25, -0.2) is 0 Å². The van der Waals surface area contributed by atoms with Gasteiger partial charge in [0.2, 0.25) is 5.95 Å². The number of hydrogen-bond donors (Lipinski definition) is 2. The lowest BCUT2D eigenvalue weighted by molar-refractivity contribution is 0.416. The third-order valence-electron chi connectivity index (χ3n) is 4.34. The van der Waals surface area contributed by atoms with E-state index in [2.05, 4.69) is 33.9 Å². The first-order valence-electron chi connectivity index (χ1n) is 8.16. The number of nitrogens with zero attached hydrogens (tertiary/aromatic N) is 3. The Morgan fingerprint density at radius 2 is 2.10 bits per heavy atom. The second-order valence-corrected chi connectivity index (χ2v) is 5.99. The summed E-state index contributed by atoms with van der Waals surface area (Å²) in [6.07, 6.45) is 9.68. The van der Waals surface area contributed by atoms with Crippen molar-refractivity contribution in [3.8, 4) is 0 Å². The van der Waals surface area contributed by atoms with Crippen LogP contribution in [0.1, 0.15) is 64.6 Å². The molecule has 0 bridgehead atoms. The molecule has 114 valence electrons. The second-order valence-electron chi connectivity index (χ2n) is 5.99. The van der Waals surface area contributed by atoms with Crippen LogP contribution in [-0.2, 0) is 6.42 Å². The number of rotatable bonds is 7. The summed E-state index contributed by atoms with van der Waals surface area (Å²) in [6.45, 7) is 5.43. The topological polar surface area (TPSA) is 70.8 Å². The lowest BCUT2D eigenvalue weighted by atomic mass is 9.99. The number of aromatic amines is 1. The van der Waals surface area contributed by atoms with Crippen LogP contribution in [0.15, 0.2) is 0 Å².